The van der Waals surface area contributed by atoms with E-state index in [9.17, 15) is 9.18 Å². The Morgan fingerprint density at radius 2 is 1.90 bits per heavy atom. The van der Waals surface area contributed by atoms with Crippen LogP contribution in [0.4, 0.5) is 10.1 Å². The highest BCUT2D eigenvalue weighted by atomic mass is 19.1. The Bertz CT molecular complexity index is 684. The summed E-state index contributed by atoms with van der Waals surface area (Å²) in [6.07, 6.45) is 0. The summed E-state index contributed by atoms with van der Waals surface area (Å²) < 4.78 is 18.9. The van der Waals surface area contributed by atoms with Gasteiger partial charge in [-0.15, -0.1) is 0 Å². The van der Waals surface area contributed by atoms with E-state index in [0.29, 0.717) is 17.0 Å². The highest BCUT2D eigenvalue weighted by Gasteiger charge is 2.02. The molecule has 0 unspecified atom stereocenters. The quantitative estimate of drug-likeness (QED) is 0.874. The molecular formula is C17H14FNO2. The van der Waals surface area contributed by atoms with E-state index in [-0.39, 0.29) is 18.3 Å². The van der Waals surface area contributed by atoms with Crippen molar-refractivity contribution in [1.29, 1.82) is 0 Å². The van der Waals surface area contributed by atoms with Crippen LogP contribution in [0.5, 0.6) is 5.75 Å². The van der Waals surface area contributed by atoms with E-state index in [0.717, 1.165) is 0 Å². The molecule has 0 spiro atoms. The van der Waals surface area contributed by atoms with E-state index in [1.165, 1.54) is 6.07 Å². The van der Waals surface area contributed by atoms with Crippen molar-refractivity contribution in [2.24, 2.45) is 0 Å². The highest BCUT2D eigenvalue weighted by Crippen LogP contribution is 2.17. The summed E-state index contributed by atoms with van der Waals surface area (Å²) in [6.45, 7) is 1.75. The van der Waals surface area contributed by atoms with Crippen molar-refractivity contribution in [3.8, 4) is 17.6 Å². The number of hydrogen-bond donors (Lipinski definition) is 1. The number of nitrogens with one attached hydrogen (secondary N) is 1. The maximum absolute atomic E-state index is 13.4. The third-order valence-electron chi connectivity index (χ3n) is 2.70. The van der Waals surface area contributed by atoms with Gasteiger partial charge in [0.2, 0.25) is 0 Å². The average Bonchev–Trinajstić information content (AvgIpc) is 2.48. The Kier molecular flexibility index (Phi) is 4.94. The number of carbonyl (C=O) groups excluding carboxylic acids is 1. The summed E-state index contributed by atoms with van der Waals surface area (Å²) in [7, 11) is 0. The van der Waals surface area contributed by atoms with E-state index in [2.05, 4.69) is 17.2 Å². The van der Waals surface area contributed by atoms with Crippen LogP contribution in [-0.4, -0.2) is 5.91 Å². The zero-order valence-electron chi connectivity index (χ0n) is 11.5. The molecular weight excluding hydrogens is 269 g/mol. The first kappa shape index (κ1) is 14.6. The number of rotatable bonds is 4. The molecule has 0 heterocycles. The predicted molar refractivity (Wildman–Crippen MR) is 79.3 cm³/mol. The molecule has 0 saturated heterocycles. The van der Waals surface area contributed by atoms with E-state index in [1.807, 2.05) is 0 Å². The van der Waals surface area contributed by atoms with Gasteiger partial charge in [0.15, 0.2) is 0 Å². The molecule has 4 heteroatoms. The van der Waals surface area contributed by atoms with Gasteiger partial charge in [0.1, 0.15) is 18.2 Å². The maximum atomic E-state index is 13.4. The van der Waals surface area contributed by atoms with Crippen LogP contribution >= 0.6 is 0 Å². The molecule has 0 fully saturated rings. The Morgan fingerprint density at radius 3 is 2.57 bits per heavy atom. The van der Waals surface area contributed by atoms with E-state index in [1.54, 1.807) is 49.4 Å². The maximum Gasteiger partial charge on any atom is 0.300 e. The molecule has 1 N–H and O–H groups in total. The lowest BCUT2D eigenvalue weighted by Gasteiger charge is -2.08. The summed E-state index contributed by atoms with van der Waals surface area (Å²) in [4.78, 5) is 11.3. The van der Waals surface area contributed by atoms with Crippen molar-refractivity contribution >= 4 is 11.6 Å². The summed E-state index contributed by atoms with van der Waals surface area (Å²) >= 11 is 0. The fourth-order valence-electron chi connectivity index (χ4n) is 1.69. The molecule has 21 heavy (non-hydrogen) atoms. The van der Waals surface area contributed by atoms with Crippen LogP contribution in [0.15, 0.2) is 48.5 Å². The minimum Gasteiger partial charge on any atom is -0.489 e. The minimum absolute atomic E-state index is 0.152. The van der Waals surface area contributed by atoms with Gasteiger partial charge in [-0.3, -0.25) is 4.79 Å². The third-order valence-corrected chi connectivity index (χ3v) is 2.70. The first-order valence-corrected chi connectivity index (χ1v) is 6.39. The normalized spacial score (nSPS) is 9.43. The topological polar surface area (TPSA) is 38.3 Å². The van der Waals surface area contributed by atoms with Gasteiger partial charge in [-0.2, -0.15) is 0 Å². The number of anilines is 1. The first-order chi connectivity index (χ1) is 10.2. The van der Waals surface area contributed by atoms with Gasteiger partial charge < -0.3 is 10.1 Å². The monoisotopic (exact) mass is 283 g/mol. The van der Waals surface area contributed by atoms with Crippen molar-refractivity contribution in [1.82, 2.24) is 0 Å². The molecule has 106 valence electrons. The summed E-state index contributed by atoms with van der Waals surface area (Å²) in [5, 5.41) is 2.62. The molecule has 0 aliphatic carbocycles. The lowest BCUT2D eigenvalue weighted by Crippen LogP contribution is -2.08. The summed E-state index contributed by atoms with van der Waals surface area (Å²) in [6, 6.07) is 13.3. The number of carbonyl (C=O) groups is 1. The van der Waals surface area contributed by atoms with Crippen molar-refractivity contribution in [2.45, 2.75) is 13.5 Å². The molecule has 3 nitrogen and oxygen atoms in total. The molecule has 2 rings (SSSR count). The number of halogens is 1. The molecule has 0 atom stereocenters. The van der Waals surface area contributed by atoms with Crippen LogP contribution in [0.1, 0.15) is 12.5 Å². The highest BCUT2D eigenvalue weighted by molar-refractivity contribution is 6.03. The van der Waals surface area contributed by atoms with Crippen molar-refractivity contribution in [3.05, 3.63) is 59.9 Å². The summed E-state index contributed by atoms with van der Waals surface area (Å²) in [5.74, 6) is 4.85. The van der Waals surface area contributed by atoms with Crippen LogP contribution in [-0.2, 0) is 11.4 Å². The zero-order chi connectivity index (χ0) is 15.1. The summed E-state index contributed by atoms with van der Waals surface area (Å²) in [5.41, 5.74) is 1.12. The molecule has 1 amide bonds. The Morgan fingerprint density at radius 1 is 1.19 bits per heavy atom. The zero-order valence-corrected chi connectivity index (χ0v) is 11.5. The number of ether oxygens (including phenoxy) is 1. The number of amides is 1. The van der Waals surface area contributed by atoms with Crippen LogP contribution < -0.4 is 10.1 Å². The molecule has 0 saturated carbocycles. The smallest absolute Gasteiger partial charge is 0.300 e. The Balaban J connectivity index is 1.95. The van der Waals surface area contributed by atoms with Crippen LogP contribution in [0.3, 0.4) is 0 Å². The van der Waals surface area contributed by atoms with E-state index < -0.39 is 0 Å². The van der Waals surface area contributed by atoms with Crippen molar-refractivity contribution < 1.29 is 13.9 Å². The number of benzene rings is 2. The second-order valence-electron chi connectivity index (χ2n) is 4.23. The van der Waals surface area contributed by atoms with Gasteiger partial charge in [0, 0.05) is 11.3 Å². The van der Waals surface area contributed by atoms with Crippen LogP contribution in [0.25, 0.3) is 0 Å². The fourth-order valence-corrected chi connectivity index (χ4v) is 1.69. The first-order valence-electron chi connectivity index (χ1n) is 6.39. The van der Waals surface area contributed by atoms with Gasteiger partial charge in [-0.1, -0.05) is 24.1 Å². The minimum atomic E-state index is -0.363. The SMILES string of the molecule is CC#CC(=O)Nc1ccc(OCc2ccccc2F)cc1. The second kappa shape index (κ2) is 7.11. The van der Waals surface area contributed by atoms with Gasteiger partial charge in [-0.05, 0) is 43.2 Å². The van der Waals surface area contributed by atoms with E-state index in [4.69, 9.17) is 4.74 Å². The standard InChI is InChI=1S/C17H14FNO2/c1-2-5-17(20)19-14-8-10-15(11-9-14)21-12-13-6-3-4-7-16(13)18/h3-4,6-11H,12H2,1H3,(H,19,20). The molecule has 0 aliphatic heterocycles. The molecule has 2 aromatic rings. The second-order valence-corrected chi connectivity index (χ2v) is 4.23. The average molecular weight is 283 g/mol. The molecule has 0 bridgehead atoms. The molecule has 0 radical (unpaired) electrons. The van der Waals surface area contributed by atoms with E-state index >= 15 is 0 Å². The molecule has 2 aromatic carbocycles. The lowest BCUT2D eigenvalue weighted by molar-refractivity contribution is -0.111. The predicted octanol–water partition coefficient (Wildman–Crippen LogP) is 3.37. The third kappa shape index (κ3) is 4.36. The van der Waals surface area contributed by atoms with Gasteiger partial charge >= 0.3 is 0 Å². The van der Waals surface area contributed by atoms with Gasteiger partial charge in [0.05, 0.1) is 0 Å². The van der Waals surface area contributed by atoms with Gasteiger partial charge in [-0.25, -0.2) is 4.39 Å². The van der Waals surface area contributed by atoms with Crippen molar-refractivity contribution in [2.75, 3.05) is 5.32 Å². The van der Waals surface area contributed by atoms with Crippen molar-refractivity contribution in [3.63, 3.8) is 0 Å². The molecule has 0 aromatic heterocycles. The lowest BCUT2D eigenvalue weighted by atomic mass is 10.2. The largest absolute Gasteiger partial charge is 0.489 e. The Hall–Kier alpha value is -2.80. The van der Waals surface area contributed by atoms with Gasteiger partial charge in [0.25, 0.3) is 5.91 Å². The fraction of sp³-hybridized carbons (Fsp3) is 0.118. The number of hydrogen-bond acceptors (Lipinski definition) is 2. The Labute approximate surface area is 122 Å². The molecule has 0 aliphatic rings. The van der Waals surface area contributed by atoms with Crippen LogP contribution in [0.2, 0.25) is 0 Å². The van der Waals surface area contributed by atoms with Crippen LogP contribution in [0, 0.1) is 17.7 Å².